The Hall–Kier alpha value is -2.90. The third kappa shape index (κ3) is 3.79. The van der Waals surface area contributed by atoms with Crippen molar-refractivity contribution in [2.75, 3.05) is 36.5 Å². The van der Waals surface area contributed by atoms with Crippen LogP contribution in [-0.4, -0.2) is 47.2 Å². The van der Waals surface area contributed by atoms with Gasteiger partial charge in [0, 0.05) is 13.1 Å². The maximum atomic E-state index is 12.7. The summed E-state index contributed by atoms with van der Waals surface area (Å²) in [6.07, 6.45) is 1.60. The summed E-state index contributed by atoms with van der Waals surface area (Å²) in [5.41, 5.74) is 2.50. The molecule has 0 bridgehead atoms. The van der Waals surface area contributed by atoms with E-state index in [1.807, 2.05) is 48.5 Å². The number of ether oxygens (including phenoxy) is 1. The number of rotatable bonds is 4. The summed E-state index contributed by atoms with van der Waals surface area (Å²) in [7, 11) is 0. The first-order valence-electron chi connectivity index (χ1n) is 8.63. The van der Waals surface area contributed by atoms with Crippen LogP contribution in [0.3, 0.4) is 0 Å². The maximum Gasteiger partial charge on any atom is 0.277 e. The molecule has 27 heavy (non-hydrogen) atoms. The van der Waals surface area contributed by atoms with Crippen molar-refractivity contribution in [2.45, 2.75) is 0 Å². The Morgan fingerprint density at radius 2 is 1.85 bits per heavy atom. The van der Waals surface area contributed by atoms with Crippen LogP contribution in [-0.2, 0) is 4.74 Å². The topological polar surface area (TPSA) is 72.3 Å². The number of nitrogens with one attached hydrogen (secondary N) is 1. The van der Waals surface area contributed by atoms with Crippen molar-refractivity contribution in [3.05, 3.63) is 65.4 Å². The van der Waals surface area contributed by atoms with Gasteiger partial charge < -0.3 is 15.0 Å². The van der Waals surface area contributed by atoms with Crippen LogP contribution in [0.5, 0.6) is 0 Å². The van der Waals surface area contributed by atoms with Crippen molar-refractivity contribution in [3.8, 4) is 5.69 Å². The van der Waals surface area contributed by atoms with Crippen LogP contribution in [0, 0.1) is 0 Å². The number of para-hydroxylation sites is 2. The van der Waals surface area contributed by atoms with Gasteiger partial charge in [-0.15, -0.1) is 5.10 Å². The Balaban J connectivity index is 1.57. The molecular weight excluding hydrogens is 366 g/mol. The summed E-state index contributed by atoms with van der Waals surface area (Å²) in [6, 6.07) is 15.0. The third-order valence-corrected chi connectivity index (χ3v) is 4.61. The number of halogens is 1. The number of amides is 1. The van der Waals surface area contributed by atoms with Gasteiger partial charge in [-0.3, -0.25) is 4.79 Å². The van der Waals surface area contributed by atoms with Gasteiger partial charge in [-0.05, 0) is 24.3 Å². The lowest BCUT2D eigenvalue weighted by molar-refractivity contribution is 0.102. The molecule has 1 aromatic heterocycles. The highest BCUT2D eigenvalue weighted by Crippen LogP contribution is 2.34. The summed E-state index contributed by atoms with van der Waals surface area (Å²) in [6.45, 7) is 2.70. The first-order chi connectivity index (χ1) is 13.2. The molecule has 1 saturated heterocycles. The number of hydrogen-bond donors (Lipinski definition) is 1. The number of hydrogen-bond acceptors (Lipinski definition) is 5. The molecule has 0 spiro atoms. The van der Waals surface area contributed by atoms with Gasteiger partial charge in [0.15, 0.2) is 5.69 Å². The predicted molar refractivity (Wildman–Crippen MR) is 104 cm³/mol. The highest BCUT2D eigenvalue weighted by atomic mass is 35.5. The molecule has 1 N–H and O–H groups in total. The fourth-order valence-electron chi connectivity index (χ4n) is 2.99. The van der Waals surface area contributed by atoms with Crippen molar-refractivity contribution in [1.29, 1.82) is 0 Å². The molecule has 0 unspecified atom stereocenters. The first kappa shape index (κ1) is 17.5. The summed E-state index contributed by atoms with van der Waals surface area (Å²) >= 11 is 6.41. The van der Waals surface area contributed by atoms with Gasteiger partial charge in [0.05, 0.1) is 41.5 Å². The quantitative estimate of drug-likeness (QED) is 0.749. The molecule has 1 aliphatic rings. The second-order valence-corrected chi connectivity index (χ2v) is 6.48. The number of nitrogens with zero attached hydrogens (tertiary/aromatic N) is 4. The van der Waals surface area contributed by atoms with Crippen LogP contribution < -0.4 is 10.2 Å². The summed E-state index contributed by atoms with van der Waals surface area (Å²) < 4.78 is 6.97. The van der Waals surface area contributed by atoms with Crippen LogP contribution in [0.15, 0.2) is 54.7 Å². The number of morpholine rings is 1. The van der Waals surface area contributed by atoms with Gasteiger partial charge in [-0.2, -0.15) is 0 Å². The van der Waals surface area contributed by atoms with Gasteiger partial charge in [0.1, 0.15) is 0 Å². The van der Waals surface area contributed by atoms with Crippen molar-refractivity contribution in [2.24, 2.45) is 0 Å². The minimum atomic E-state index is -0.339. The molecular formula is C19H18ClN5O2. The zero-order chi connectivity index (χ0) is 18.6. The lowest BCUT2D eigenvalue weighted by Gasteiger charge is -2.31. The zero-order valence-corrected chi connectivity index (χ0v) is 15.3. The largest absolute Gasteiger partial charge is 0.378 e. The van der Waals surface area contributed by atoms with Gasteiger partial charge in [-0.1, -0.05) is 41.1 Å². The van der Waals surface area contributed by atoms with E-state index < -0.39 is 0 Å². The summed E-state index contributed by atoms with van der Waals surface area (Å²) in [5, 5.41) is 11.5. The number of carbonyl (C=O) groups excluding carboxylic acids is 1. The Kier molecular flexibility index (Phi) is 5.04. The molecule has 2 heterocycles. The molecule has 138 valence electrons. The molecule has 0 atom stereocenters. The SMILES string of the molecule is O=C(Nc1cccc(Cl)c1N1CCOCC1)c1cn(-c2ccccc2)nn1. The van der Waals surface area contributed by atoms with E-state index in [9.17, 15) is 4.79 Å². The van der Waals surface area contributed by atoms with E-state index >= 15 is 0 Å². The van der Waals surface area contributed by atoms with Gasteiger partial charge in [-0.25, -0.2) is 4.68 Å². The van der Waals surface area contributed by atoms with Crippen molar-refractivity contribution < 1.29 is 9.53 Å². The van der Waals surface area contributed by atoms with Crippen molar-refractivity contribution in [3.63, 3.8) is 0 Å². The van der Waals surface area contributed by atoms with Crippen LogP contribution in [0.1, 0.15) is 10.5 Å². The van der Waals surface area contributed by atoms with E-state index in [0.29, 0.717) is 23.9 Å². The number of carbonyl (C=O) groups is 1. The average molecular weight is 384 g/mol. The molecule has 1 aliphatic heterocycles. The average Bonchev–Trinajstić information content (AvgIpc) is 3.20. The van der Waals surface area contributed by atoms with Crippen molar-refractivity contribution in [1.82, 2.24) is 15.0 Å². The molecule has 3 aromatic rings. The van der Waals surface area contributed by atoms with E-state index in [-0.39, 0.29) is 11.6 Å². The Morgan fingerprint density at radius 1 is 1.07 bits per heavy atom. The van der Waals surface area contributed by atoms with Gasteiger partial charge >= 0.3 is 0 Å². The number of anilines is 2. The molecule has 1 amide bonds. The fraction of sp³-hybridized carbons (Fsp3) is 0.211. The minimum Gasteiger partial charge on any atom is -0.378 e. The van der Waals surface area contributed by atoms with E-state index in [1.165, 1.54) is 0 Å². The first-order valence-corrected chi connectivity index (χ1v) is 9.00. The Bertz CT molecular complexity index is 938. The van der Waals surface area contributed by atoms with Crippen LogP contribution in [0.2, 0.25) is 5.02 Å². The summed E-state index contributed by atoms with van der Waals surface area (Å²) in [4.78, 5) is 14.8. The number of aromatic nitrogens is 3. The predicted octanol–water partition coefficient (Wildman–Crippen LogP) is 3.01. The van der Waals surface area contributed by atoms with E-state index in [0.717, 1.165) is 24.5 Å². The molecule has 0 saturated carbocycles. The van der Waals surface area contributed by atoms with Gasteiger partial charge in [0.25, 0.3) is 5.91 Å². The molecule has 2 aromatic carbocycles. The second-order valence-electron chi connectivity index (χ2n) is 6.07. The Morgan fingerprint density at radius 3 is 2.63 bits per heavy atom. The lowest BCUT2D eigenvalue weighted by atomic mass is 10.2. The normalized spacial score (nSPS) is 14.2. The van der Waals surface area contributed by atoms with Crippen LogP contribution >= 0.6 is 11.6 Å². The van der Waals surface area contributed by atoms with E-state index in [1.54, 1.807) is 10.9 Å². The number of benzene rings is 2. The van der Waals surface area contributed by atoms with E-state index in [2.05, 4.69) is 20.5 Å². The second kappa shape index (κ2) is 7.77. The molecule has 0 aliphatic carbocycles. The lowest BCUT2D eigenvalue weighted by Crippen LogP contribution is -2.37. The molecule has 4 rings (SSSR count). The van der Waals surface area contributed by atoms with Crippen molar-refractivity contribution >= 4 is 28.9 Å². The van der Waals surface area contributed by atoms with Gasteiger partial charge in [0.2, 0.25) is 0 Å². The standard InChI is InChI=1S/C19H18ClN5O2/c20-15-7-4-8-16(18(15)24-9-11-27-12-10-24)21-19(26)17-13-25(23-22-17)14-5-2-1-3-6-14/h1-8,13H,9-12H2,(H,21,26). The van der Waals surface area contributed by atoms with Crippen LogP contribution in [0.25, 0.3) is 5.69 Å². The highest BCUT2D eigenvalue weighted by Gasteiger charge is 2.20. The monoisotopic (exact) mass is 383 g/mol. The molecule has 7 nitrogen and oxygen atoms in total. The minimum absolute atomic E-state index is 0.228. The molecule has 1 fully saturated rings. The fourth-order valence-corrected chi connectivity index (χ4v) is 3.28. The zero-order valence-electron chi connectivity index (χ0n) is 14.5. The van der Waals surface area contributed by atoms with Crippen LogP contribution in [0.4, 0.5) is 11.4 Å². The maximum absolute atomic E-state index is 12.7. The Labute approximate surface area is 161 Å². The van der Waals surface area contributed by atoms with E-state index in [4.69, 9.17) is 16.3 Å². The summed E-state index contributed by atoms with van der Waals surface area (Å²) in [5.74, 6) is -0.339. The molecule has 0 radical (unpaired) electrons. The smallest absolute Gasteiger partial charge is 0.277 e. The highest BCUT2D eigenvalue weighted by molar-refractivity contribution is 6.34. The third-order valence-electron chi connectivity index (χ3n) is 4.31. The molecule has 8 heteroatoms.